The van der Waals surface area contributed by atoms with Crippen LogP contribution in [0, 0.1) is 11.8 Å². The number of hydrazone groups is 2. The lowest BCUT2D eigenvalue weighted by Gasteiger charge is -2.34. The number of nitrogens with one attached hydrogen (secondary N) is 1. The van der Waals surface area contributed by atoms with Crippen molar-refractivity contribution < 1.29 is 43.8 Å². The lowest BCUT2D eigenvalue weighted by atomic mass is 9.97. The van der Waals surface area contributed by atoms with Crippen LogP contribution in [0.5, 0.6) is 0 Å². The van der Waals surface area contributed by atoms with Gasteiger partial charge in [-0.05, 0) is 41.9 Å². The molecule has 0 radical (unpaired) electrons. The molecule has 2 aromatic carbocycles. The van der Waals surface area contributed by atoms with Gasteiger partial charge in [-0.15, -0.1) is 0 Å². The predicted octanol–water partition coefficient (Wildman–Crippen LogP) is 3.96. The van der Waals surface area contributed by atoms with Gasteiger partial charge in [-0.2, -0.15) is 10.2 Å². The lowest BCUT2D eigenvalue weighted by molar-refractivity contribution is -0.507. The summed E-state index contributed by atoms with van der Waals surface area (Å²) in [4.78, 5) is 46.6. The number of esters is 2. The number of nitrogens with zero attached hydrogens (tertiary/aromatic N) is 4. The molecule has 49 heavy (non-hydrogen) atoms. The fourth-order valence-electron chi connectivity index (χ4n) is 5.88. The van der Waals surface area contributed by atoms with Crippen molar-refractivity contribution in [3.63, 3.8) is 0 Å². The van der Waals surface area contributed by atoms with Gasteiger partial charge in [0, 0.05) is 39.3 Å². The number of ether oxygens (including phenoxy) is 3. The lowest BCUT2D eigenvalue weighted by Crippen LogP contribution is -2.49. The molecule has 1 fully saturated rings. The van der Waals surface area contributed by atoms with Crippen LogP contribution in [0.3, 0.4) is 0 Å². The number of unbranched alkanes of at least 4 members (excludes halogenated alkanes) is 1. The SMILES string of the molecule is C=NN/C(=N\N)c1ccccc1-c1ccc(CN(C(=O)CCCC)[C@H](C(=O)O[C@H](C)OC(=O)[C@@H]2C[C@H](OC)[C@@H](ON(O)O)C2)C(C)C)cc1. The maximum absolute atomic E-state index is 13.7. The van der Waals surface area contributed by atoms with Gasteiger partial charge in [0.25, 0.3) is 0 Å². The number of rotatable bonds is 17. The van der Waals surface area contributed by atoms with E-state index in [9.17, 15) is 14.4 Å². The van der Waals surface area contributed by atoms with E-state index in [0.717, 1.165) is 28.7 Å². The van der Waals surface area contributed by atoms with Crippen LogP contribution < -0.4 is 11.3 Å². The molecule has 0 unspecified atom stereocenters. The molecule has 15 heteroatoms. The Morgan fingerprint density at radius 3 is 2.31 bits per heavy atom. The first kappa shape index (κ1) is 39.0. The third kappa shape index (κ3) is 10.8. The first-order valence-electron chi connectivity index (χ1n) is 16.2. The Hall–Kier alpha value is -4.41. The van der Waals surface area contributed by atoms with Crippen LogP contribution in [-0.4, -0.2) is 82.8 Å². The van der Waals surface area contributed by atoms with E-state index in [-0.39, 0.29) is 37.6 Å². The van der Waals surface area contributed by atoms with Crippen molar-refractivity contribution in [2.24, 2.45) is 27.9 Å². The number of methoxy groups -OCH3 is 1. The van der Waals surface area contributed by atoms with E-state index in [1.807, 2.05) is 69.3 Å². The molecule has 1 aliphatic carbocycles. The zero-order valence-corrected chi connectivity index (χ0v) is 28.7. The maximum atomic E-state index is 13.7. The fraction of sp³-hybridized carbons (Fsp3) is 0.500. The summed E-state index contributed by atoms with van der Waals surface area (Å²) in [6.45, 7) is 10.6. The second-order valence-electron chi connectivity index (χ2n) is 12.1. The van der Waals surface area contributed by atoms with E-state index in [1.165, 1.54) is 18.9 Å². The number of amidine groups is 1. The van der Waals surface area contributed by atoms with Gasteiger partial charge in [0.1, 0.15) is 12.1 Å². The summed E-state index contributed by atoms with van der Waals surface area (Å²) >= 11 is 0. The minimum Gasteiger partial charge on any atom is -0.425 e. The van der Waals surface area contributed by atoms with E-state index in [0.29, 0.717) is 12.3 Å². The highest BCUT2D eigenvalue weighted by Crippen LogP contribution is 2.32. The number of hydrogen-bond donors (Lipinski definition) is 4. The molecule has 5 N–H and O–H groups in total. The van der Waals surface area contributed by atoms with Crippen LogP contribution in [-0.2, 0) is 40.0 Å². The van der Waals surface area contributed by atoms with Crippen LogP contribution in [0.4, 0.5) is 0 Å². The van der Waals surface area contributed by atoms with Crippen molar-refractivity contribution in [2.75, 3.05) is 7.11 Å². The highest BCUT2D eigenvalue weighted by atomic mass is 17.1. The molecule has 0 spiro atoms. The minimum atomic E-state index is -1.26. The molecule has 5 atom stereocenters. The molecule has 1 saturated carbocycles. The summed E-state index contributed by atoms with van der Waals surface area (Å²) in [5.74, 6) is 3.34. The van der Waals surface area contributed by atoms with Gasteiger partial charge in [-0.1, -0.05) is 75.7 Å². The Labute approximate surface area is 286 Å². The summed E-state index contributed by atoms with van der Waals surface area (Å²) < 4.78 is 16.3. The van der Waals surface area contributed by atoms with E-state index < -0.39 is 47.8 Å². The van der Waals surface area contributed by atoms with Crippen LogP contribution in [0.2, 0.25) is 0 Å². The van der Waals surface area contributed by atoms with Gasteiger partial charge in [-0.25, -0.2) is 9.63 Å². The highest BCUT2D eigenvalue weighted by molar-refractivity contribution is 6.04. The Bertz CT molecular complexity index is 1440. The van der Waals surface area contributed by atoms with Gasteiger partial charge in [0.15, 0.2) is 5.84 Å². The Kier molecular flexibility index (Phi) is 15.1. The number of amides is 1. The van der Waals surface area contributed by atoms with Crippen molar-refractivity contribution >= 4 is 30.4 Å². The van der Waals surface area contributed by atoms with Gasteiger partial charge in [-0.3, -0.25) is 25.4 Å². The van der Waals surface area contributed by atoms with Crippen molar-refractivity contribution in [3.8, 4) is 11.1 Å². The number of carbonyl (C=O) groups is 3. The second-order valence-corrected chi connectivity index (χ2v) is 12.1. The van der Waals surface area contributed by atoms with E-state index in [2.05, 4.69) is 22.3 Å². The maximum Gasteiger partial charge on any atom is 0.332 e. The first-order valence-corrected chi connectivity index (χ1v) is 16.2. The number of benzene rings is 2. The van der Waals surface area contributed by atoms with Gasteiger partial charge >= 0.3 is 11.9 Å². The molecule has 0 heterocycles. The number of carbonyl (C=O) groups excluding carboxylic acids is 3. The second kappa shape index (κ2) is 19.0. The van der Waals surface area contributed by atoms with E-state index >= 15 is 0 Å². The third-order valence-corrected chi connectivity index (χ3v) is 8.27. The molecule has 2 aromatic rings. The van der Waals surface area contributed by atoms with Gasteiger partial charge < -0.3 is 25.0 Å². The summed E-state index contributed by atoms with van der Waals surface area (Å²) in [6.07, 6.45) is -0.636. The number of nitrogens with two attached hydrogens (primary N) is 1. The summed E-state index contributed by atoms with van der Waals surface area (Å²) in [6, 6.07) is 14.2. The smallest absolute Gasteiger partial charge is 0.332 e. The zero-order valence-electron chi connectivity index (χ0n) is 28.7. The normalized spacial score (nSPS) is 19.0. The average Bonchev–Trinajstić information content (AvgIpc) is 3.48. The van der Waals surface area contributed by atoms with E-state index in [4.69, 9.17) is 35.3 Å². The monoisotopic (exact) mass is 684 g/mol. The van der Waals surface area contributed by atoms with Crippen molar-refractivity contribution in [2.45, 2.75) is 90.9 Å². The topological polar surface area (TPSA) is 198 Å². The van der Waals surface area contributed by atoms with Crippen LogP contribution in [0.1, 0.15) is 70.9 Å². The molecular weight excluding hydrogens is 636 g/mol. The standard InChI is InChI=1S/C34H48N6O9/c1-7-8-13-30(41)39(20-23-14-16-24(17-15-23)26-11-9-10-12-27(26)32(37-35)38-36-5)31(21(2)3)34(43)48-22(4)47-33(42)25-18-28(46-6)29(19-25)49-40(44)45/h9-12,14-17,21-22,25,28-29,31,44-45H,5,7-8,13,18-20,35H2,1-4,6H3,(H,37,38)/t22-,25-,28+,29+,31+/m1/s1. The Morgan fingerprint density at radius 2 is 1.71 bits per heavy atom. The van der Waals surface area contributed by atoms with Gasteiger partial charge in [0.05, 0.1) is 17.4 Å². The minimum absolute atomic E-state index is 0.0963. The number of hydrogen-bond acceptors (Lipinski definition) is 13. The largest absolute Gasteiger partial charge is 0.425 e. The third-order valence-electron chi connectivity index (χ3n) is 8.27. The molecule has 1 amide bonds. The molecule has 0 bridgehead atoms. The van der Waals surface area contributed by atoms with E-state index in [1.54, 1.807) is 0 Å². The molecule has 15 nitrogen and oxygen atoms in total. The Morgan fingerprint density at radius 1 is 1.04 bits per heavy atom. The molecule has 3 rings (SSSR count). The molecule has 0 aliphatic heterocycles. The van der Waals surface area contributed by atoms with Crippen molar-refractivity contribution in [1.82, 2.24) is 15.7 Å². The van der Waals surface area contributed by atoms with Gasteiger partial charge in [0.2, 0.25) is 12.2 Å². The van der Waals surface area contributed by atoms with Crippen LogP contribution in [0.15, 0.2) is 58.7 Å². The van der Waals surface area contributed by atoms with Crippen molar-refractivity contribution in [3.05, 3.63) is 59.7 Å². The average molecular weight is 685 g/mol. The van der Waals surface area contributed by atoms with Crippen molar-refractivity contribution in [1.29, 1.82) is 0 Å². The first-order chi connectivity index (χ1) is 23.4. The molecule has 1 aliphatic rings. The summed E-state index contributed by atoms with van der Waals surface area (Å²) in [5.41, 5.74) is 5.93. The predicted molar refractivity (Wildman–Crippen MR) is 179 cm³/mol. The zero-order chi connectivity index (χ0) is 36.1. The molecule has 0 aromatic heterocycles. The van der Waals surface area contributed by atoms with Crippen LogP contribution in [0.25, 0.3) is 11.1 Å². The molecule has 0 saturated heterocycles. The molecular formula is C34H48N6O9. The summed E-state index contributed by atoms with van der Waals surface area (Å²) in [7, 11) is 1.42. The fourth-order valence-corrected chi connectivity index (χ4v) is 5.88. The molecule has 268 valence electrons. The summed E-state index contributed by atoms with van der Waals surface area (Å²) in [5, 5.41) is 25.1. The Balaban J connectivity index is 1.78. The quantitative estimate of drug-likeness (QED) is 0.0468. The highest BCUT2D eigenvalue weighted by Gasteiger charge is 2.42. The van der Waals surface area contributed by atoms with Crippen LogP contribution >= 0.6 is 0 Å².